The molecule has 8 nitrogen and oxygen atoms in total. The third-order valence-electron chi connectivity index (χ3n) is 4.51. The number of Topliss-reactive ketones (excluding diaryl/α,β-unsaturated/α-hetero) is 1. The summed E-state index contributed by atoms with van der Waals surface area (Å²) in [5, 5.41) is 13.7. The molecule has 166 valence electrons. The number of nitrogens with zero attached hydrogens (tertiary/aromatic N) is 3. The summed E-state index contributed by atoms with van der Waals surface area (Å²) >= 11 is 0.903. The normalized spacial score (nSPS) is 11.5. The zero-order valence-corrected chi connectivity index (χ0v) is 16.8. The second-order valence-corrected chi connectivity index (χ2v) is 7.68. The fourth-order valence-corrected chi connectivity index (χ4v) is 3.99. The van der Waals surface area contributed by atoms with Crippen LogP contribution in [0, 0.1) is 0 Å². The summed E-state index contributed by atoms with van der Waals surface area (Å²) in [4.78, 5) is 40.6. The molecule has 0 radical (unpaired) electrons. The number of hydrogen-bond donors (Lipinski definition) is 1. The molecule has 0 fully saturated rings. The van der Waals surface area contributed by atoms with Crippen LogP contribution < -0.4 is 5.56 Å². The van der Waals surface area contributed by atoms with Gasteiger partial charge in [-0.25, -0.2) is 9.67 Å². The van der Waals surface area contributed by atoms with Gasteiger partial charge in [-0.2, -0.15) is 18.3 Å². The summed E-state index contributed by atoms with van der Waals surface area (Å²) in [5.74, 6) is -1.78. The maximum Gasteiger partial charge on any atom is 0.416 e. The third kappa shape index (κ3) is 4.36. The summed E-state index contributed by atoms with van der Waals surface area (Å²) in [6, 6.07) is 9.31. The van der Waals surface area contributed by atoms with Crippen molar-refractivity contribution in [2.45, 2.75) is 19.1 Å². The van der Waals surface area contributed by atoms with Gasteiger partial charge in [-0.15, -0.1) is 11.3 Å². The van der Waals surface area contributed by atoms with Gasteiger partial charge in [0.25, 0.3) is 5.56 Å². The van der Waals surface area contributed by atoms with Crippen LogP contribution in [0.15, 0.2) is 47.3 Å². The molecule has 4 aromatic rings. The van der Waals surface area contributed by atoms with Crippen molar-refractivity contribution in [1.82, 2.24) is 14.8 Å². The highest BCUT2D eigenvalue weighted by molar-refractivity contribution is 7.20. The number of rotatable bonds is 5. The van der Waals surface area contributed by atoms with Crippen LogP contribution in [-0.4, -0.2) is 37.1 Å². The van der Waals surface area contributed by atoms with Crippen molar-refractivity contribution in [2.24, 2.45) is 0 Å². The third-order valence-corrected chi connectivity index (χ3v) is 5.59. The SMILES string of the molecule is O.O=C(O)Cc1nn(CC(=O)c2nc3cc(C(F)(F)F)ccc3s2)c(=O)c2ccccc12. The molecule has 0 aliphatic rings. The van der Waals surface area contributed by atoms with Gasteiger partial charge in [-0.1, -0.05) is 18.2 Å². The summed E-state index contributed by atoms with van der Waals surface area (Å²) in [7, 11) is 0. The molecule has 0 saturated heterocycles. The second kappa shape index (κ2) is 8.48. The first-order chi connectivity index (χ1) is 14.6. The monoisotopic (exact) mass is 465 g/mol. The molecule has 12 heteroatoms. The van der Waals surface area contributed by atoms with E-state index in [2.05, 4.69) is 10.1 Å². The Morgan fingerprint density at radius 1 is 1.09 bits per heavy atom. The van der Waals surface area contributed by atoms with Crippen molar-refractivity contribution in [3.63, 3.8) is 0 Å². The highest BCUT2D eigenvalue weighted by Crippen LogP contribution is 2.33. The number of aliphatic carboxylic acids is 1. The number of hydrogen-bond acceptors (Lipinski definition) is 6. The lowest BCUT2D eigenvalue weighted by atomic mass is 10.1. The zero-order valence-electron chi connectivity index (χ0n) is 16.0. The molecule has 0 aliphatic carbocycles. The molecule has 0 atom stereocenters. The highest BCUT2D eigenvalue weighted by atomic mass is 32.1. The molecule has 0 unspecified atom stereocenters. The number of carboxylic acids is 1. The molecule has 2 heterocycles. The Hall–Kier alpha value is -3.64. The van der Waals surface area contributed by atoms with E-state index in [0.29, 0.717) is 10.1 Å². The van der Waals surface area contributed by atoms with Crippen molar-refractivity contribution in [2.75, 3.05) is 0 Å². The van der Waals surface area contributed by atoms with Crippen molar-refractivity contribution in [3.05, 3.63) is 69.1 Å². The lowest BCUT2D eigenvalue weighted by molar-refractivity contribution is -0.138. The highest BCUT2D eigenvalue weighted by Gasteiger charge is 2.31. The first-order valence-corrected chi connectivity index (χ1v) is 9.66. The minimum atomic E-state index is -4.54. The number of benzene rings is 2. The Bertz CT molecular complexity index is 1410. The molecule has 0 aliphatic heterocycles. The van der Waals surface area contributed by atoms with Crippen molar-refractivity contribution in [3.8, 4) is 0 Å². The molecular formula is C20H14F3N3O5S. The molecule has 0 amide bonds. The topological polar surface area (TPSA) is 134 Å². The summed E-state index contributed by atoms with van der Waals surface area (Å²) < 4.78 is 39.9. The quantitative estimate of drug-likeness (QED) is 0.451. The average molecular weight is 465 g/mol. The van der Waals surface area contributed by atoms with E-state index in [1.807, 2.05) is 0 Å². The fraction of sp³-hybridized carbons (Fsp3) is 0.150. The van der Waals surface area contributed by atoms with Crippen molar-refractivity contribution >= 4 is 44.1 Å². The lowest BCUT2D eigenvalue weighted by Gasteiger charge is -2.09. The first-order valence-electron chi connectivity index (χ1n) is 8.85. The van der Waals surface area contributed by atoms with Gasteiger partial charge in [-0.3, -0.25) is 14.4 Å². The average Bonchev–Trinajstić information content (AvgIpc) is 3.14. The summed E-state index contributed by atoms with van der Waals surface area (Å²) in [6.07, 6.45) is -4.98. The van der Waals surface area contributed by atoms with E-state index in [1.54, 1.807) is 18.2 Å². The van der Waals surface area contributed by atoms with E-state index in [0.717, 1.165) is 28.2 Å². The summed E-state index contributed by atoms with van der Waals surface area (Å²) in [5.41, 5.74) is -1.32. The van der Waals surface area contributed by atoms with Crippen LogP contribution in [0.25, 0.3) is 21.0 Å². The Kier molecular flexibility index (Phi) is 6.10. The Morgan fingerprint density at radius 2 is 1.78 bits per heavy atom. The van der Waals surface area contributed by atoms with E-state index in [9.17, 15) is 27.6 Å². The van der Waals surface area contributed by atoms with E-state index in [1.165, 1.54) is 12.1 Å². The van der Waals surface area contributed by atoms with Crippen LogP contribution in [0.3, 0.4) is 0 Å². The molecule has 3 N–H and O–H groups in total. The van der Waals surface area contributed by atoms with Crippen LogP contribution in [0.4, 0.5) is 13.2 Å². The largest absolute Gasteiger partial charge is 0.481 e. The first kappa shape index (κ1) is 23.0. The number of carboxylic acid groups (broad SMARTS) is 1. The molecule has 0 spiro atoms. The molecular weight excluding hydrogens is 451 g/mol. The fourth-order valence-electron chi connectivity index (χ4n) is 3.11. The minimum Gasteiger partial charge on any atom is -0.481 e. The summed E-state index contributed by atoms with van der Waals surface area (Å²) in [6.45, 7) is -0.526. The van der Waals surface area contributed by atoms with Crippen molar-refractivity contribution in [1.29, 1.82) is 0 Å². The smallest absolute Gasteiger partial charge is 0.416 e. The van der Waals surface area contributed by atoms with Crippen LogP contribution in [-0.2, 0) is 23.9 Å². The second-order valence-electron chi connectivity index (χ2n) is 6.65. The number of carbonyl (C=O) groups is 2. The minimum absolute atomic E-state index is 0. The van der Waals surface area contributed by atoms with Gasteiger partial charge in [0.2, 0.25) is 5.78 Å². The van der Waals surface area contributed by atoms with Gasteiger partial charge in [0.1, 0.15) is 6.54 Å². The number of alkyl halides is 3. The molecule has 0 bridgehead atoms. The van der Waals surface area contributed by atoms with E-state index < -0.39 is 42.0 Å². The Morgan fingerprint density at radius 3 is 2.44 bits per heavy atom. The molecule has 2 aromatic heterocycles. The van der Waals surface area contributed by atoms with E-state index in [-0.39, 0.29) is 27.1 Å². The van der Waals surface area contributed by atoms with Gasteiger partial charge in [0.05, 0.1) is 33.3 Å². The maximum absolute atomic E-state index is 12.9. The van der Waals surface area contributed by atoms with E-state index >= 15 is 0 Å². The maximum atomic E-state index is 12.9. The molecule has 4 rings (SSSR count). The van der Waals surface area contributed by atoms with Crippen molar-refractivity contribution < 1.29 is 33.3 Å². The number of fused-ring (bicyclic) bond motifs is 2. The van der Waals surface area contributed by atoms with E-state index in [4.69, 9.17) is 5.11 Å². The predicted molar refractivity (Wildman–Crippen MR) is 110 cm³/mol. The van der Waals surface area contributed by atoms with Crippen LogP contribution >= 0.6 is 11.3 Å². The van der Waals surface area contributed by atoms with Gasteiger partial charge < -0.3 is 10.6 Å². The molecule has 32 heavy (non-hydrogen) atoms. The van der Waals surface area contributed by atoms with Crippen LogP contribution in [0.1, 0.15) is 21.1 Å². The Balaban J connectivity index is 0.00000289. The van der Waals surface area contributed by atoms with Gasteiger partial charge in [0, 0.05) is 5.39 Å². The van der Waals surface area contributed by atoms with Gasteiger partial charge in [-0.05, 0) is 24.3 Å². The number of aromatic nitrogens is 3. The number of thiazole rings is 1. The van der Waals surface area contributed by atoms with Gasteiger partial charge >= 0.3 is 12.1 Å². The zero-order chi connectivity index (χ0) is 22.3. The van der Waals surface area contributed by atoms with Crippen LogP contribution in [0.2, 0.25) is 0 Å². The lowest BCUT2D eigenvalue weighted by Crippen LogP contribution is -2.28. The standard InChI is InChI=1S/C20H12F3N3O4S.H2O/c21-20(22,23)10-5-6-16-14(7-10)24-18(31-16)15(27)9-26-19(30)12-4-2-1-3-11(12)13(25-26)8-17(28)29;/h1-7H,8-9H2,(H,28,29);1H2. The number of ketones is 1. The molecule has 0 saturated carbocycles. The molecule has 2 aromatic carbocycles. The number of halogens is 3. The Labute approximate surface area is 180 Å². The predicted octanol–water partition coefficient (Wildman–Crippen LogP) is 2.71. The number of carbonyl (C=O) groups excluding carboxylic acids is 1. The van der Waals surface area contributed by atoms with Gasteiger partial charge in [0.15, 0.2) is 5.01 Å². The van der Waals surface area contributed by atoms with Crippen LogP contribution in [0.5, 0.6) is 0 Å².